The first-order valence-corrected chi connectivity index (χ1v) is 11.6. The minimum absolute atomic E-state index is 0.0601. The number of amides is 2. The molecule has 0 saturated carbocycles. The number of aromatic nitrogens is 1. The van der Waals surface area contributed by atoms with E-state index in [-0.39, 0.29) is 30.1 Å². The van der Waals surface area contributed by atoms with Crippen molar-refractivity contribution in [3.63, 3.8) is 0 Å². The van der Waals surface area contributed by atoms with E-state index >= 15 is 0 Å². The van der Waals surface area contributed by atoms with Crippen LogP contribution in [0.1, 0.15) is 43.4 Å². The van der Waals surface area contributed by atoms with Gasteiger partial charge in [-0.05, 0) is 51.5 Å². The van der Waals surface area contributed by atoms with E-state index in [1.807, 2.05) is 30.3 Å². The van der Waals surface area contributed by atoms with Crippen LogP contribution in [0.15, 0.2) is 53.1 Å². The lowest BCUT2D eigenvalue weighted by atomic mass is 9.86. The minimum Gasteiger partial charge on any atom is -0.497 e. The molecule has 0 unspecified atom stereocenters. The molecule has 2 heterocycles. The van der Waals surface area contributed by atoms with Gasteiger partial charge < -0.3 is 24.2 Å². The number of anilines is 1. The smallest absolute Gasteiger partial charge is 0.408 e. The van der Waals surface area contributed by atoms with Crippen molar-refractivity contribution < 1.29 is 28.5 Å². The number of hydrogen-bond acceptors (Lipinski definition) is 8. The van der Waals surface area contributed by atoms with E-state index in [2.05, 4.69) is 10.5 Å². The summed E-state index contributed by atoms with van der Waals surface area (Å²) in [5.41, 5.74) is -1.19. The Morgan fingerprint density at radius 2 is 1.92 bits per heavy atom. The quantitative estimate of drug-likeness (QED) is 0.366. The van der Waals surface area contributed by atoms with Crippen molar-refractivity contribution in [2.24, 2.45) is 0 Å². The summed E-state index contributed by atoms with van der Waals surface area (Å²) in [7, 11) is 1.48. The Hall–Kier alpha value is -4.41. The number of carbonyl (C=O) groups is 2. The average molecular weight is 509 g/mol. The number of ether oxygens (including phenoxy) is 2. The zero-order valence-corrected chi connectivity index (χ0v) is 21.2. The van der Waals surface area contributed by atoms with Crippen LogP contribution in [0.4, 0.5) is 16.2 Å². The fourth-order valence-electron chi connectivity index (χ4n) is 4.41. The number of benzene rings is 2. The summed E-state index contributed by atoms with van der Waals surface area (Å²) in [6.45, 7) is 6.72. The second-order valence-electron chi connectivity index (χ2n) is 9.77. The number of nitro groups is 1. The van der Waals surface area contributed by atoms with Gasteiger partial charge >= 0.3 is 11.8 Å². The van der Waals surface area contributed by atoms with Crippen LogP contribution in [0.5, 0.6) is 5.75 Å². The lowest BCUT2D eigenvalue weighted by Gasteiger charge is -2.30. The van der Waals surface area contributed by atoms with E-state index < -0.39 is 28.1 Å². The Morgan fingerprint density at radius 3 is 2.54 bits per heavy atom. The second kappa shape index (κ2) is 9.57. The van der Waals surface area contributed by atoms with E-state index in [0.717, 1.165) is 5.56 Å². The molecule has 2 amide bonds. The lowest BCUT2D eigenvalue weighted by molar-refractivity contribution is -0.386. The maximum absolute atomic E-state index is 14.3. The molecule has 1 aromatic heterocycles. The predicted molar refractivity (Wildman–Crippen MR) is 133 cm³/mol. The van der Waals surface area contributed by atoms with E-state index in [0.29, 0.717) is 17.0 Å². The highest BCUT2D eigenvalue weighted by atomic mass is 16.6. The van der Waals surface area contributed by atoms with Crippen molar-refractivity contribution in [3.8, 4) is 5.75 Å². The van der Waals surface area contributed by atoms with Crippen molar-refractivity contribution in [2.75, 3.05) is 12.0 Å². The second-order valence-corrected chi connectivity index (χ2v) is 9.77. The normalized spacial score (nSPS) is 16.9. The van der Waals surface area contributed by atoms with Gasteiger partial charge in [0.2, 0.25) is 5.76 Å². The molecule has 37 heavy (non-hydrogen) atoms. The molecule has 1 atom stereocenters. The zero-order chi connectivity index (χ0) is 27.0. The van der Waals surface area contributed by atoms with Crippen LogP contribution in [-0.2, 0) is 28.0 Å². The first kappa shape index (κ1) is 25.7. The van der Waals surface area contributed by atoms with Crippen molar-refractivity contribution >= 4 is 23.4 Å². The van der Waals surface area contributed by atoms with E-state index in [4.69, 9.17) is 14.0 Å². The van der Waals surface area contributed by atoms with Gasteiger partial charge in [0.15, 0.2) is 11.2 Å². The highest BCUT2D eigenvalue weighted by Gasteiger charge is 2.54. The maximum Gasteiger partial charge on any atom is 0.408 e. The van der Waals surface area contributed by atoms with Crippen LogP contribution < -0.4 is 15.0 Å². The summed E-state index contributed by atoms with van der Waals surface area (Å²) >= 11 is 0. The summed E-state index contributed by atoms with van der Waals surface area (Å²) in [5.74, 6) is -0.220. The summed E-state index contributed by atoms with van der Waals surface area (Å²) in [4.78, 5) is 40.1. The SMILES string of the molecule is COc1ccc2c(c1)[C@@](Cc1onc(C)c1[N+](=O)[O-])(NC(=O)OC(C)(C)C)C(=O)N2Cc1ccccc1. The molecule has 0 radical (unpaired) electrons. The number of rotatable bonds is 7. The van der Waals surface area contributed by atoms with Gasteiger partial charge in [0.05, 0.1) is 30.7 Å². The summed E-state index contributed by atoms with van der Waals surface area (Å²) in [6.07, 6.45) is -1.23. The molecule has 1 aliphatic rings. The van der Waals surface area contributed by atoms with E-state index in [9.17, 15) is 19.7 Å². The van der Waals surface area contributed by atoms with Crippen LogP contribution >= 0.6 is 0 Å². The van der Waals surface area contributed by atoms with Crippen LogP contribution in [0, 0.1) is 17.0 Å². The molecule has 0 aliphatic carbocycles. The Balaban J connectivity index is 1.89. The first-order valence-electron chi connectivity index (χ1n) is 11.6. The highest BCUT2D eigenvalue weighted by molar-refractivity contribution is 6.09. The molecule has 2 aromatic carbocycles. The number of nitrogens with one attached hydrogen (secondary N) is 1. The minimum atomic E-state index is -1.79. The highest BCUT2D eigenvalue weighted by Crippen LogP contribution is 2.46. The van der Waals surface area contributed by atoms with Gasteiger partial charge in [0.1, 0.15) is 11.4 Å². The van der Waals surface area contributed by atoms with Crippen molar-refractivity contribution in [1.82, 2.24) is 10.5 Å². The number of aryl methyl sites for hydroxylation is 1. The van der Waals surface area contributed by atoms with Gasteiger partial charge in [-0.1, -0.05) is 35.5 Å². The molecule has 11 nitrogen and oxygen atoms in total. The van der Waals surface area contributed by atoms with Crippen LogP contribution in [0.3, 0.4) is 0 Å². The molecular formula is C26H28N4O7. The third-order valence-electron chi connectivity index (χ3n) is 5.97. The maximum atomic E-state index is 14.3. The third kappa shape index (κ3) is 4.97. The molecule has 194 valence electrons. The molecule has 0 saturated heterocycles. The molecule has 1 N–H and O–H groups in total. The van der Waals surface area contributed by atoms with E-state index in [1.165, 1.54) is 18.9 Å². The molecule has 0 fully saturated rings. The molecule has 4 rings (SSSR count). The number of alkyl carbamates (subject to hydrolysis) is 1. The summed E-state index contributed by atoms with van der Waals surface area (Å²) in [6, 6.07) is 14.4. The molecule has 0 bridgehead atoms. The molecule has 11 heteroatoms. The Labute approximate surface area is 213 Å². The molecule has 1 aliphatic heterocycles. The number of nitrogens with zero attached hydrogens (tertiary/aromatic N) is 3. The Morgan fingerprint density at radius 1 is 1.22 bits per heavy atom. The van der Waals surface area contributed by atoms with Gasteiger partial charge in [0.25, 0.3) is 5.91 Å². The first-order chi connectivity index (χ1) is 17.4. The predicted octanol–water partition coefficient (Wildman–Crippen LogP) is 4.41. The zero-order valence-electron chi connectivity index (χ0n) is 21.2. The standard InChI is InChI=1S/C26H28N4O7/c1-16-22(30(33)34)21(37-28-16)14-26(27-24(32)36-25(2,3)4)19-13-18(35-5)11-12-20(19)29(23(26)31)15-17-9-7-6-8-10-17/h6-13H,14-15H2,1-5H3,(H,27,32)/t26-/m1/s1. The Kier molecular flexibility index (Phi) is 6.64. The van der Waals surface area contributed by atoms with Gasteiger partial charge in [-0.25, -0.2) is 4.79 Å². The largest absolute Gasteiger partial charge is 0.497 e. The van der Waals surface area contributed by atoms with Crippen molar-refractivity contribution in [3.05, 3.63) is 81.2 Å². The van der Waals surface area contributed by atoms with Crippen LogP contribution in [0.2, 0.25) is 0 Å². The number of fused-ring (bicyclic) bond motifs is 1. The average Bonchev–Trinajstić information content (AvgIpc) is 3.29. The van der Waals surface area contributed by atoms with Gasteiger partial charge in [0, 0.05) is 5.56 Å². The summed E-state index contributed by atoms with van der Waals surface area (Å²) in [5, 5.41) is 18.3. The van der Waals surface area contributed by atoms with Crippen LogP contribution in [-0.4, -0.2) is 34.8 Å². The fraction of sp³-hybridized carbons (Fsp3) is 0.346. The van der Waals surface area contributed by atoms with Gasteiger partial charge in [-0.3, -0.25) is 14.9 Å². The van der Waals surface area contributed by atoms with E-state index in [1.54, 1.807) is 39.0 Å². The molecule has 3 aromatic rings. The van der Waals surface area contributed by atoms with Gasteiger partial charge in [-0.2, -0.15) is 0 Å². The summed E-state index contributed by atoms with van der Waals surface area (Å²) < 4.78 is 16.2. The van der Waals surface area contributed by atoms with Crippen molar-refractivity contribution in [1.29, 1.82) is 0 Å². The number of carbonyl (C=O) groups excluding carboxylic acids is 2. The topological polar surface area (TPSA) is 137 Å². The van der Waals surface area contributed by atoms with Crippen LogP contribution in [0.25, 0.3) is 0 Å². The van der Waals surface area contributed by atoms with Gasteiger partial charge in [-0.15, -0.1) is 0 Å². The molecule has 0 spiro atoms. The monoisotopic (exact) mass is 508 g/mol. The van der Waals surface area contributed by atoms with Crippen molar-refractivity contribution in [2.45, 2.75) is 51.8 Å². The fourth-order valence-corrected chi connectivity index (χ4v) is 4.41. The number of hydrogen-bond donors (Lipinski definition) is 1. The molecular weight excluding hydrogens is 480 g/mol. The lowest BCUT2D eigenvalue weighted by Crippen LogP contribution is -2.55. The number of methoxy groups -OCH3 is 1. The third-order valence-corrected chi connectivity index (χ3v) is 5.97. The Bertz CT molecular complexity index is 1350.